The molecule has 8 heteroatoms. The first kappa shape index (κ1) is 22.2. The molecule has 2 aliphatic rings. The van der Waals surface area contributed by atoms with Crippen LogP contribution in [0.1, 0.15) is 34.1 Å². The van der Waals surface area contributed by atoms with Crippen molar-refractivity contribution >= 4 is 46.7 Å². The highest BCUT2D eigenvalue weighted by atomic mass is 35.5. The summed E-state index contributed by atoms with van der Waals surface area (Å²) in [6.07, 6.45) is 4.18. The molecule has 0 N–H and O–H groups in total. The summed E-state index contributed by atoms with van der Waals surface area (Å²) in [5, 5.41) is 2.39. The minimum Gasteiger partial charge on any atom is -0.292 e. The fourth-order valence-corrected chi connectivity index (χ4v) is 4.58. The SMILES string of the molecule is C[C@@H]1C=CC[C@@H]2C(=O)N(N(CC(=O)c3ccc(Cl)cc3)C(=O)c3ccccc3Cl)C(=O)[C@@H]12. The zero-order valence-corrected chi connectivity index (χ0v) is 18.7. The third-order valence-electron chi connectivity index (χ3n) is 5.89. The number of benzene rings is 2. The van der Waals surface area contributed by atoms with Gasteiger partial charge in [0.1, 0.15) is 6.54 Å². The molecule has 0 aromatic heterocycles. The summed E-state index contributed by atoms with van der Waals surface area (Å²) in [6.45, 7) is 1.37. The molecular formula is C24H20Cl2N2O4. The molecular weight excluding hydrogens is 451 g/mol. The molecule has 1 fully saturated rings. The van der Waals surface area contributed by atoms with E-state index in [2.05, 4.69) is 0 Å². The molecule has 0 unspecified atom stereocenters. The van der Waals surface area contributed by atoms with E-state index in [9.17, 15) is 19.2 Å². The largest absolute Gasteiger partial charge is 0.292 e. The van der Waals surface area contributed by atoms with Crippen LogP contribution >= 0.6 is 23.2 Å². The number of hydrazine groups is 1. The number of amides is 3. The number of ketones is 1. The molecule has 32 heavy (non-hydrogen) atoms. The molecule has 164 valence electrons. The van der Waals surface area contributed by atoms with Gasteiger partial charge in [0.05, 0.1) is 22.4 Å². The Morgan fingerprint density at radius 2 is 1.72 bits per heavy atom. The predicted molar refractivity (Wildman–Crippen MR) is 120 cm³/mol. The highest BCUT2D eigenvalue weighted by Crippen LogP contribution is 2.39. The molecule has 1 heterocycles. The maximum absolute atomic E-state index is 13.5. The van der Waals surface area contributed by atoms with Crippen molar-refractivity contribution < 1.29 is 19.2 Å². The lowest BCUT2D eigenvalue weighted by molar-refractivity contribution is -0.154. The molecule has 0 spiro atoms. The number of imide groups is 1. The highest BCUT2D eigenvalue weighted by Gasteiger charge is 2.53. The molecule has 3 amide bonds. The number of hydrogen-bond acceptors (Lipinski definition) is 4. The van der Waals surface area contributed by atoms with Gasteiger partial charge in [0.2, 0.25) is 0 Å². The number of carbonyl (C=O) groups is 4. The van der Waals surface area contributed by atoms with Crippen LogP contribution in [-0.4, -0.2) is 40.1 Å². The topological polar surface area (TPSA) is 74.8 Å². The number of Topliss-reactive ketones (excluding diaryl/α,β-unsaturated/α-hetero) is 1. The summed E-state index contributed by atoms with van der Waals surface area (Å²) in [7, 11) is 0. The molecule has 4 rings (SSSR count). The summed E-state index contributed by atoms with van der Waals surface area (Å²) in [6, 6.07) is 12.5. The van der Waals surface area contributed by atoms with Gasteiger partial charge in [0.15, 0.2) is 5.78 Å². The van der Waals surface area contributed by atoms with Gasteiger partial charge in [0, 0.05) is 10.6 Å². The zero-order chi connectivity index (χ0) is 23.0. The summed E-state index contributed by atoms with van der Waals surface area (Å²) >= 11 is 12.1. The Kier molecular flexibility index (Phi) is 6.17. The van der Waals surface area contributed by atoms with Gasteiger partial charge in [0.25, 0.3) is 17.7 Å². The van der Waals surface area contributed by atoms with Crippen LogP contribution in [0.2, 0.25) is 10.0 Å². The van der Waals surface area contributed by atoms with E-state index in [-0.39, 0.29) is 16.5 Å². The predicted octanol–water partition coefficient (Wildman–Crippen LogP) is 4.43. The van der Waals surface area contributed by atoms with Gasteiger partial charge in [-0.15, -0.1) is 0 Å². The van der Waals surface area contributed by atoms with Crippen molar-refractivity contribution in [3.8, 4) is 0 Å². The minimum atomic E-state index is -0.695. The van der Waals surface area contributed by atoms with Crippen LogP contribution in [0.5, 0.6) is 0 Å². The smallest absolute Gasteiger partial charge is 0.274 e. The Balaban J connectivity index is 1.72. The summed E-state index contributed by atoms with van der Waals surface area (Å²) in [5.74, 6) is -3.39. The monoisotopic (exact) mass is 470 g/mol. The molecule has 3 atom stereocenters. The first-order chi connectivity index (χ1) is 15.3. The Hall–Kier alpha value is -2.96. The summed E-state index contributed by atoms with van der Waals surface area (Å²) in [4.78, 5) is 53.0. The van der Waals surface area contributed by atoms with Crippen molar-refractivity contribution in [1.82, 2.24) is 10.0 Å². The second kappa shape index (κ2) is 8.88. The maximum atomic E-state index is 13.5. The first-order valence-electron chi connectivity index (χ1n) is 10.2. The van der Waals surface area contributed by atoms with Gasteiger partial charge < -0.3 is 0 Å². The normalized spacial score (nSPS) is 22.1. The molecule has 1 saturated heterocycles. The van der Waals surface area contributed by atoms with Crippen molar-refractivity contribution in [2.45, 2.75) is 13.3 Å². The molecule has 2 aromatic rings. The quantitative estimate of drug-likeness (QED) is 0.368. The maximum Gasteiger partial charge on any atom is 0.274 e. The van der Waals surface area contributed by atoms with Crippen molar-refractivity contribution in [1.29, 1.82) is 0 Å². The van der Waals surface area contributed by atoms with E-state index in [1.54, 1.807) is 24.3 Å². The van der Waals surface area contributed by atoms with Crippen molar-refractivity contribution in [3.63, 3.8) is 0 Å². The summed E-state index contributed by atoms with van der Waals surface area (Å²) < 4.78 is 0. The van der Waals surface area contributed by atoms with Crippen molar-refractivity contribution in [2.75, 3.05) is 6.54 Å². The molecule has 0 radical (unpaired) electrons. The van der Waals surface area contributed by atoms with E-state index in [0.29, 0.717) is 17.0 Å². The van der Waals surface area contributed by atoms with Gasteiger partial charge in [-0.3, -0.25) is 19.2 Å². The lowest BCUT2D eigenvalue weighted by atomic mass is 9.78. The number of fused-ring (bicyclic) bond motifs is 1. The molecule has 6 nitrogen and oxygen atoms in total. The number of halogens is 2. The minimum absolute atomic E-state index is 0.0970. The van der Waals surface area contributed by atoms with Crippen LogP contribution < -0.4 is 0 Å². The van der Waals surface area contributed by atoms with E-state index < -0.39 is 41.9 Å². The summed E-state index contributed by atoms with van der Waals surface area (Å²) in [5.41, 5.74) is 0.401. The fourth-order valence-electron chi connectivity index (χ4n) is 4.24. The van der Waals surface area contributed by atoms with Crippen molar-refractivity contribution in [2.24, 2.45) is 17.8 Å². The number of hydrogen-bond donors (Lipinski definition) is 0. The molecule has 0 saturated carbocycles. The Labute approximate surface area is 195 Å². The fraction of sp³-hybridized carbons (Fsp3) is 0.250. The average molecular weight is 471 g/mol. The zero-order valence-electron chi connectivity index (χ0n) is 17.2. The van der Waals surface area contributed by atoms with E-state index in [4.69, 9.17) is 23.2 Å². The Bertz CT molecular complexity index is 1130. The van der Waals surface area contributed by atoms with Gasteiger partial charge in [-0.1, -0.05) is 54.4 Å². The van der Waals surface area contributed by atoms with Crippen LogP contribution in [0.25, 0.3) is 0 Å². The second-order valence-corrected chi connectivity index (χ2v) is 8.76. The van der Waals surface area contributed by atoms with Crippen LogP contribution in [-0.2, 0) is 9.59 Å². The van der Waals surface area contributed by atoms with Crippen LogP contribution in [0.3, 0.4) is 0 Å². The lowest BCUT2D eigenvalue weighted by Gasteiger charge is -2.30. The third-order valence-corrected chi connectivity index (χ3v) is 6.47. The van der Waals surface area contributed by atoms with Gasteiger partial charge in [-0.25, -0.2) is 5.01 Å². The Morgan fingerprint density at radius 1 is 1.03 bits per heavy atom. The van der Waals surface area contributed by atoms with E-state index in [1.807, 2.05) is 19.1 Å². The molecule has 2 aromatic carbocycles. The number of allylic oxidation sites excluding steroid dienone is 2. The van der Waals surface area contributed by atoms with Crippen LogP contribution in [0, 0.1) is 17.8 Å². The van der Waals surface area contributed by atoms with Crippen molar-refractivity contribution in [3.05, 3.63) is 81.9 Å². The van der Waals surface area contributed by atoms with Crippen LogP contribution in [0.4, 0.5) is 0 Å². The van der Waals surface area contributed by atoms with E-state index >= 15 is 0 Å². The van der Waals surface area contributed by atoms with Gasteiger partial charge in [-0.2, -0.15) is 5.01 Å². The third kappa shape index (κ3) is 3.96. The standard InChI is InChI=1S/C24H20Cl2N2O4/c1-14-5-4-7-18-21(14)24(32)28(23(18)31)27(22(30)17-6-2-3-8-19(17)26)13-20(29)15-9-11-16(25)12-10-15/h2-6,8-12,14,18,21H,7,13H2,1H3/t14-,18+,21+/m1/s1. The number of rotatable bonds is 5. The van der Waals surface area contributed by atoms with Crippen LogP contribution in [0.15, 0.2) is 60.7 Å². The lowest BCUT2D eigenvalue weighted by Crippen LogP contribution is -2.52. The number of carbonyl (C=O) groups excluding carboxylic acids is 4. The molecule has 0 bridgehead atoms. The van der Waals surface area contributed by atoms with E-state index in [1.165, 1.54) is 24.3 Å². The highest BCUT2D eigenvalue weighted by molar-refractivity contribution is 6.34. The first-order valence-corrected chi connectivity index (χ1v) is 10.9. The van der Waals surface area contributed by atoms with Gasteiger partial charge in [-0.05, 0) is 48.7 Å². The average Bonchev–Trinajstić information content (AvgIpc) is 3.03. The Morgan fingerprint density at radius 3 is 2.38 bits per heavy atom. The van der Waals surface area contributed by atoms with Gasteiger partial charge >= 0.3 is 0 Å². The second-order valence-electron chi connectivity index (χ2n) is 7.92. The molecule has 1 aliphatic carbocycles. The number of nitrogens with zero attached hydrogens (tertiary/aromatic N) is 2. The molecule has 1 aliphatic heterocycles. The van der Waals surface area contributed by atoms with E-state index in [0.717, 1.165) is 10.0 Å².